The molecule has 0 saturated carbocycles. The van der Waals surface area contributed by atoms with Gasteiger partial charge in [0.15, 0.2) is 0 Å². The normalized spacial score (nSPS) is 13.1. The summed E-state index contributed by atoms with van der Waals surface area (Å²) in [5, 5.41) is 2.86. The van der Waals surface area contributed by atoms with Crippen LogP contribution in [0.15, 0.2) is 0 Å². The van der Waals surface area contributed by atoms with Gasteiger partial charge in [-0.25, -0.2) is 0 Å². The van der Waals surface area contributed by atoms with E-state index in [9.17, 15) is 4.79 Å². The molecule has 1 atom stereocenters. The highest BCUT2D eigenvalue weighted by atomic mass is 16.1. The first-order valence-corrected chi connectivity index (χ1v) is 3.17. The van der Waals surface area contributed by atoms with E-state index in [0.717, 1.165) is 19.1 Å². The van der Waals surface area contributed by atoms with Crippen molar-refractivity contribution in [3.05, 3.63) is 0 Å². The van der Waals surface area contributed by atoms with E-state index in [1.54, 1.807) is 7.05 Å². The van der Waals surface area contributed by atoms with Gasteiger partial charge in [0.1, 0.15) is 6.29 Å². The van der Waals surface area contributed by atoms with Crippen molar-refractivity contribution in [1.82, 2.24) is 5.32 Å². The molecule has 0 rings (SSSR count). The number of likely N-dealkylation sites (N-methyl/N-ethyl adjacent to an activating group) is 1. The summed E-state index contributed by atoms with van der Waals surface area (Å²) < 4.78 is 0. The van der Waals surface area contributed by atoms with Gasteiger partial charge in [-0.2, -0.15) is 0 Å². The zero-order chi connectivity index (χ0) is 7.11. The van der Waals surface area contributed by atoms with E-state index in [0.29, 0.717) is 6.54 Å². The molecule has 0 spiro atoms. The first kappa shape index (κ1) is 8.59. The molecule has 0 unspecified atom stereocenters. The predicted molar refractivity (Wildman–Crippen MR) is 37.2 cm³/mol. The highest BCUT2D eigenvalue weighted by Gasteiger charge is 2.00. The fourth-order valence-corrected chi connectivity index (χ4v) is 0.618. The molecule has 3 heteroatoms. The lowest BCUT2D eigenvalue weighted by atomic mass is 10.2. The van der Waals surface area contributed by atoms with Crippen LogP contribution >= 0.6 is 0 Å². The van der Waals surface area contributed by atoms with Crippen molar-refractivity contribution >= 4 is 6.29 Å². The molecule has 0 aromatic carbocycles. The van der Waals surface area contributed by atoms with Crippen LogP contribution in [0.5, 0.6) is 0 Å². The quantitative estimate of drug-likeness (QED) is 0.494. The molecule has 0 aliphatic carbocycles. The third-order valence-corrected chi connectivity index (χ3v) is 1.25. The van der Waals surface area contributed by atoms with Crippen LogP contribution in [0, 0.1) is 0 Å². The van der Waals surface area contributed by atoms with Crippen LogP contribution in [-0.2, 0) is 4.79 Å². The molecule has 9 heavy (non-hydrogen) atoms. The number of aldehydes is 1. The van der Waals surface area contributed by atoms with E-state index >= 15 is 0 Å². The van der Waals surface area contributed by atoms with Gasteiger partial charge in [-0.05, 0) is 26.4 Å². The van der Waals surface area contributed by atoms with Gasteiger partial charge in [-0.1, -0.05) is 0 Å². The monoisotopic (exact) mass is 130 g/mol. The first-order valence-electron chi connectivity index (χ1n) is 3.17. The molecule has 0 aliphatic rings. The SMILES string of the molecule is CN[C@@H](C=O)CCCN. The number of hydrogen-bond donors (Lipinski definition) is 2. The molecule has 0 aliphatic heterocycles. The van der Waals surface area contributed by atoms with E-state index in [4.69, 9.17) is 5.73 Å². The predicted octanol–water partition coefficient (Wildman–Crippen LogP) is -0.488. The van der Waals surface area contributed by atoms with Gasteiger partial charge in [-0.15, -0.1) is 0 Å². The van der Waals surface area contributed by atoms with E-state index in [2.05, 4.69) is 5.32 Å². The van der Waals surface area contributed by atoms with E-state index in [1.807, 2.05) is 0 Å². The Morgan fingerprint density at radius 1 is 1.78 bits per heavy atom. The Balaban J connectivity index is 3.20. The fraction of sp³-hybridized carbons (Fsp3) is 0.833. The Hall–Kier alpha value is -0.410. The average molecular weight is 130 g/mol. The lowest BCUT2D eigenvalue weighted by Crippen LogP contribution is -2.27. The summed E-state index contributed by atoms with van der Waals surface area (Å²) in [6.07, 6.45) is 2.66. The fourth-order valence-electron chi connectivity index (χ4n) is 0.618. The second-order valence-electron chi connectivity index (χ2n) is 1.96. The van der Waals surface area contributed by atoms with Gasteiger partial charge in [0.25, 0.3) is 0 Å². The third kappa shape index (κ3) is 4.12. The van der Waals surface area contributed by atoms with E-state index in [1.165, 1.54) is 0 Å². The maximum absolute atomic E-state index is 10.1. The van der Waals surface area contributed by atoms with Gasteiger partial charge in [-0.3, -0.25) is 0 Å². The van der Waals surface area contributed by atoms with Crippen molar-refractivity contribution in [2.75, 3.05) is 13.6 Å². The average Bonchev–Trinajstić information content (AvgIpc) is 1.91. The molecule has 54 valence electrons. The lowest BCUT2D eigenvalue weighted by Gasteiger charge is -2.05. The highest BCUT2D eigenvalue weighted by Crippen LogP contribution is 1.90. The minimum absolute atomic E-state index is 0.00597. The molecule has 0 bridgehead atoms. The van der Waals surface area contributed by atoms with Gasteiger partial charge in [0.2, 0.25) is 0 Å². The van der Waals surface area contributed by atoms with Crippen molar-refractivity contribution < 1.29 is 4.79 Å². The Labute approximate surface area is 55.6 Å². The molecule has 0 saturated heterocycles. The first-order chi connectivity index (χ1) is 4.35. The van der Waals surface area contributed by atoms with Crippen molar-refractivity contribution in [2.24, 2.45) is 5.73 Å². The second-order valence-corrected chi connectivity index (χ2v) is 1.96. The van der Waals surface area contributed by atoms with Crippen molar-refractivity contribution in [1.29, 1.82) is 0 Å². The van der Waals surface area contributed by atoms with Gasteiger partial charge in [0, 0.05) is 0 Å². The summed E-state index contributed by atoms with van der Waals surface area (Å²) in [7, 11) is 1.77. The Morgan fingerprint density at radius 2 is 2.44 bits per heavy atom. The van der Waals surface area contributed by atoms with E-state index in [-0.39, 0.29) is 6.04 Å². The number of carbonyl (C=O) groups excluding carboxylic acids is 1. The van der Waals surface area contributed by atoms with Crippen molar-refractivity contribution in [3.8, 4) is 0 Å². The van der Waals surface area contributed by atoms with E-state index < -0.39 is 0 Å². The summed E-state index contributed by atoms with van der Waals surface area (Å²) in [5.41, 5.74) is 5.24. The Bertz CT molecular complexity index is 75.5. The molecular weight excluding hydrogens is 116 g/mol. The zero-order valence-electron chi connectivity index (χ0n) is 5.76. The molecule has 0 aromatic rings. The van der Waals surface area contributed by atoms with Crippen LogP contribution in [0.2, 0.25) is 0 Å². The number of hydrogen-bond acceptors (Lipinski definition) is 3. The van der Waals surface area contributed by atoms with Gasteiger partial charge >= 0.3 is 0 Å². The molecule has 3 N–H and O–H groups in total. The summed E-state index contributed by atoms with van der Waals surface area (Å²) in [5.74, 6) is 0. The van der Waals surface area contributed by atoms with Crippen molar-refractivity contribution in [3.63, 3.8) is 0 Å². The largest absolute Gasteiger partial charge is 0.330 e. The molecule has 0 amide bonds. The van der Waals surface area contributed by atoms with Crippen LogP contribution in [0.1, 0.15) is 12.8 Å². The number of nitrogens with one attached hydrogen (secondary N) is 1. The second kappa shape index (κ2) is 5.72. The smallest absolute Gasteiger partial charge is 0.136 e. The minimum atomic E-state index is -0.00597. The topological polar surface area (TPSA) is 55.1 Å². The van der Waals surface area contributed by atoms with Crippen molar-refractivity contribution in [2.45, 2.75) is 18.9 Å². The van der Waals surface area contributed by atoms with Gasteiger partial charge < -0.3 is 15.8 Å². The highest BCUT2D eigenvalue weighted by molar-refractivity contribution is 5.57. The van der Waals surface area contributed by atoms with Gasteiger partial charge in [0.05, 0.1) is 6.04 Å². The lowest BCUT2D eigenvalue weighted by molar-refractivity contribution is -0.109. The number of carbonyl (C=O) groups is 1. The van der Waals surface area contributed by atoms with Crippen LogP contribution in [0.4, 0.5) is 0 Å². The minimum Gasteiger partial charge on any atom is -0.330 e. The molecule has 3 nitrogen and oxygen atoms in total. The number of rotatable bonds is 5. The standard InChI is InChI=1S/C6H14N2O/c1-8-6(5-9)3-2-4-7/h5-6,8H,2-4,7H2,1H3/t6-/m1/s1. The molecule has 0 aromatic heterocycles. The Morgan fingerprint density at radius 3 is 2.78 bits per heavy atom. The summed E-state index contributed by atoms with van der Waals surface area (Å²) >= 11 is 0. The summed E-state index contributed by atoms with van der Waals surface area (Å²) in [6.45, 7) is 0.659. The maximum atomic E-state index is 10.1. The maximum Gasteiger partial charge on any atom is 0.136 e. The Kier molecular flexibility index (Phi) is 5.46. The van der Waals surface area contributed by atoms with Crippen LogP contribution in [-0.4, -0.2) is 25.9 Å². The molecule has 0 radical (unpaired) electrons. The molecule has 0 heterocycles. The van der Waals surface area contributed by atoms with Crippen LogP contribution in [0.25, 0.3) is 0 Å². The molecular formula is C6H14N2O. The molecule has 0 fully saturated rings. The van der Waals surface area contributed by atoms with Crippen LogP contribution in [0.3, 0.4) is 0 Å². The zero-order valence-corrected chi connectivity index (χ0v) is 5.76. The number of nitrogens with two attached hydrogens (primary N) is 1. The summed E-state index contributed by atoms with van der Waals surface area (Å²) in [6, 6.07) is -0.00597. The third-order valence-electron chi connectivity index (χ3n) is 1.25. The summed E-state index contributed by atoms with van der Waals surface area (Å²) in [4.78, 5) is 10.1. The van der Waals surface area contributed by atoms with Crippen LogP contribution < -0.4 is 11.1 Å².